The Morgan fingerprint density at radius 1 is 1.15 bits per heavy atom. The number of hydrogen-bond donors (Lipinski definition) is 2. The highest BCUT2D eigenvalue weighted by atomic mass is 16.2. The van der Waals surface area contributed by atoms with Crippen LogP contribution in [0.5, 0.6) is 0 Å². The van der Waals surface area contributed by atoms with E-state index in [1.807, 2.05) is 32.4 Å². The summed E-state index contributed by atoms with van der Waals surface area (Å²) in [4.78, 5) is 25.0. The van der Waals surface area contributed by atoms with Crippen molar-refractivity contribution in [3.8, 4) is 0 Å². The van der Waals surface area contributed by atoms with Crippen molar-refractivity contribution in [3.63, 3.8) is 0 Å². The maximum atomic E-state index is 12.9. The first kappa shape index (κ1) is 20.7. The standard InChI is InChI=1S/C21H30N4O2/c1-6-7-12-25-16(5)20(15(4)24-25)23-21(27)17-10-8-9-11-18(17)22-19(26)13-14(2)3/h8-11,14H,6-7,12-13H2,1-5H3,(H,22,26)(H,23,27). The summed E-state index contributed by atoms with van der Waals surface area (Å²) in [5.41, 5.74) is 3.43. The summed E-state index contributed by atoms with van der Waals surface area (Å²) in [5, 5.41) is 10.4. The van der Waals surface area contributed by atoms with Crippen molar-refractivity contribution < 1.29 is 9.59 Å². The van der Waals surface area contributed by atoms with Gasteiger partial charge in [-0.05, 0) is 38.3 Å². The third-order valence-corrected chi connectivity index (χ3v) is 4.38. The SMILES string of the molecule is CCCCn1nc(C)c(NC(=O)c2ccccc2NC(=O)CC(C)C)c1C. The molecular formula is C21H30N4O2. The van der Waals surface area contributed by atoms with E-state index in [0.29, 0.717) is 17.7 Å². The van der Waals surface area contributed by atoms with Gasteiger partial charge in [0, 0.05) is 13.0 Å². The Kier molecular flexibility index (Phi) is 7.16. The van der Waals surface area contributed by atoms with E-state index >= 15 is 0 Å². The van der Waals surface area contributed by atoms with Gasteiger partial charge in [0.05, 0.1) is 28.3 Å². The highest BCUT2D eigenvalue weighted by molar-refractivity contribution is 6.10. The van der Waals surface area contributed by atoms with E-state index in [-0.39, 0.29) is 17.7 Å². The van der Waals surface area contributed by atoms with Crippen LogP contribution in [0.3, 0.4) is 0 Å². The van der Waals surface area contributed by atoms with Gasteiger partial charge >= 0.3 is 0 Å². The van der Waals surface area contributed by atoms with Crippen molar-refractivity contribution in [1.29, 1.82) is 0 Å². The number of anilines is 2. The van der Waals surface area contributed by atoms with E-state index in [4.69, 9.17) is 0 Å². The molecule has 27 heavy (non-hydrogen) atoms. The number of unbranched alkanes of at least 4 members (excludes halogenated alkanes) is 1. The molecule has 1 heterocycles. The zero-order valence-electron chi connectivity index (χ0n) is 16.9. The minimum Gasteiger partial charge on any atom is -0.325 e. The Balaban J connectivity index is 2.20. The third kappa shape index (κ3) is 5.42. The second-order valence-electron chi connectivity index (χ2n) is 7.27. The zero-order chi connectivity index (χ0) is 20.0. The van der Waals surface area contributed by atoms with E-state index in [9.17, 15) is 9.59 Å². The van der Waals surface area contributed by atoms with Crippen LogP contribution in [-0.4, -0.2) is 21.6 Å². The summed E-state index contributed by atoms with van der Waals surface area (Å²) < 4.78 is 1.94. The summed E-state index contributed by atoms with van der Waals surface area (Å²) >= 11 is 0. The molecular weight excluding hydrogens is 340 g/mol. The first-order valence-corrected chi connectivity index (χ1v) is 9.57. The Morgan fingerprint density at radius 2 is 1.85 bits per heavy atom. The number of carbonyl (C=O) groups is 2. The normalized spacial score (nSPS) is 10.9. The summed E-state index contributed by atoms with van der Waals surface area (Å²) in [5.74, 6) is -0.0908. The average molecular weight is 370 g/mol. The number of para-hydroxylation sites is 1. The van der Waals surface area contributed by atoms with Crippen molar-refractivity contribution in [2.75, 3.05) is 10.6 Å². The average Bonchev–Trinajstić information content (AvgIpc) is 2.87. The summed E-state index contributed by atoms with van der Waals surface area (Å²) in [6, 6.07) is 7.06. The second kappa shape index (κ2) is 9.35. The van der Waals surface area contributed by atoms with Crippen LogP contribution in [0, 0.1) is 19.8 Å². The smallest absolute Gasteiger partial charge is 0.257 e. The Morgan fingerprint density at radius 3 is 2.52 bits per heavy atom. The minimum absolute atomic E-state index is 0.0926. The number of benzene rings is 1. The number of nitrogens with one attached hydrogen (secondary N) is 2. The number of aromatic nitrogens is 2. The molecule has 6 heteroatoms. The van der Waals surface area contributed by atoms with Gasteiger partial charge in [0.25, 0.3) is 5.91 Å². The highest BCUT2D eigenvalue weighted by Crippen LogP contribution is 2.23. The largest absolute Gasteiger partial charge is 0.325 e. The lowest BCUT2D eigenvalue weighted by atomic mass is 10.1. The fraction of sp³-hybridized carbons (Fsp3) is 0.476. The quantitative estimate of drug-likeness (QED) is 0.716. The van der Waals surface area contributed by atoms with Gasteiger partial charge in [0.1, 0.15) is 0 Å². The van der Waals surface area contributed by atoms with E-state index in [0.717, 1.165) is 36.5 Å². The highest BCUT2D eigenvalue weighted by Gasteiger charge is 2.18. The summed E-state index contributed by atoms with van der Waals surface area (Å²) in [6.07, 6.45) is 2.54. The number of rotatable bonds is 8. The van der Waals surface area contributed by atoms with Crippen molar-refractivity contribution in [1.82, 2.24) is 9.78 Å². The van der Waals surface area contributed by atoms with E-state index in [2.05, 4.69) is 22.7 Å². The van der Waals surface area contributed by atoms with Gasteiger partial charge in [0.15, 0.2) is 0 Å². The summed E-state index contributed by atoms with van der Waals surface area (Å²) in [6.45, 7) is 10.8. The van der Waals surface area contributed by atoms with Gasteiger partial charge in [-0.1, -0.05) is 39.3 Å². The van der Waals surface area contributed by atoms with Gasteiger partial charge in [-0.2, -0.15) is 5.10 Å². The van der Waals surface area contributed by atoms with Crippen LogP contribution >= 0.6 is 0 Å². The van der Waals surface area contributed by atoms with Crippen LogP contribution < -0.4 is 10.6 Å². The van der Waals surface area contributed by atoms with Crippen molar-refractivity contribution in [3.05, 3.63) is 41.2 Å². The summed E-state index contributed by atoms with van der Waals surface area (Å²) in [7, 11) is 0. The van der Waals surface area contributed by atoms with Crippen LogP contribution in [0.25, 0.3) is 0 Å². The fourth-order valence-corrected chi connectivity index (χ4v) is 2.95. The molecule has 0 aliphatic carbocycles. The molecule has 6 nitrogen and oxygen atoms in total. The van der Waals surface area contributed by atoms with Gasteiger partial charge in [0.2, 0.25) is 5.91 Å². The minimum atomic E-state index is -0.253. The Labute approximate surface area is 161 Å². The lowest BCUT2D eigenvalue weighted by Gasteiger charge is -2.12. The molecule has 2 aromatic rings. The predicted octanol–water partition coefficient (Wildman–Crippen LogP) is 4.54. The number of carbonyl (C=O) groups excluding carboxylic acids is 2. The lowest BCUT2D eigenvalue weighted by Crippen LogP contribution is -2.19. The van der Waals surface area contributed by atoms with Crippen LogP contribution in [0.15, 0.2) is 24.3 Å². The Hall–Kier alpha value is -2.63. The van der Waals surface area contributed by atoms with Gasteiger partial charge < -0.3 is 10.6 Å². The molecule has 0 fully saturated rings. The predicted molar refractivity (Wildman–Crippen MR) is 109 cm³/mol. The van der Waals surface area contributed by atoms with Crippen molar-refractivity contribution >= 4 is 23.2 Å². The molecule has 0 saturated heterocycles. The van der Waals surface area contributed by atoms with Gasteiger partial charge in [-0.25, -0.2) is 0 Å². The molecule has 146 valence electrons. The van der Waals surface area contributed by atoms with Crippen LogP contribution in [0.4, 0.5) is 11.4 Å². The topological polar surface area (TPSA) is 76.0 Å². The molecule has 1 aromatic carbocycles. The van der Waals surface area contributed by atoms with Gasteiger partial charge in [-0.15, -0.1) is 0 Å². The number of hydrogen-bond acceptors (Lipinski definition) is 3. The van der Waals surface area contributed by atoms with Crippen molar-refractivity contribution in [2.24, 2.45) is 5.92 Å². The first-order chi connectivity index (χ1) is 12.8. The fourth-order valence-electron chi connectivity index (χ4n) is 2.95. The molecule has 2 N–H and O–H groups in total. The van der Waals surface area contributed by atoms with Crippen LogP contribution in [0.2, 0.25) is 0 Å². The Bertz CT molecular complexity index is 809. The molecule has 2 rings (SSSR count). The molecule has 0 aliphatic heterocycles. The molecule has 2 amide bonds. The third-order valence-electron chi connectivity index (χ3n) is 4.38. The van der Waals surface area contributed by atoms with E-state index < -0.39 is 0 Å². The monoisotopic (exact) mass is 370 g/mol. The maximum Gasteiger partial charge on any atom is 0.257 e. The molecule has 0 unspecified atom stereocenters. The molecule has 0 spiro atoms. The van der Waals surface area contributed by atoms with Gasteiger partial charge in [-0.3, -0.25) is 14.3 Å². The van der Waals surface area contributed by atoms with E-state index in [1.165, 1.54) is 0 Å². The van der Waals surface area contributed by atoms with Crippen molar-refractivity contribution in [2.45, 2.75) is 60.4 Å². The molecule has 0 saturated carbocycles. The maximum absolute atomic E-state index is 12.9. The first-order valence-electron chi connectivity index (χ1n) is 9.57. The molecule has 0 bridgehead atoms. The molecule has 0 radical (unpaired) electrons. The number of nitrogens with zero attached hydrogens (tertiary/aromatic N) is 2. The number of amides is 2. The number of aryl methyl sites for hydroxylation is 2. The van der Waals surface area contributed by atoms with E-state index in [1.54, 1.807) is 24.3 Å². The second-order valence-corrected chi connectivity index (χ2v) is 7.27. The molecule has 0 aliphatic rings. The zero-order valence-corrected chi connectivity index (χ0v) is 16.9. The molecule has 0 atom stereocenters. The molecule has 1 aromatic heterocycles. The lowest BCUT2D eigenvalue weighted by molar-refractivity contribution is -0.116. The van der Waals surface area contributed by atoms with Crippen LogP contribution in [-0.2, 0) is 11.3 Å². The van der Waals surface area contributed by atoms with Crippen LogP contribution in [0.1, 0.15) is 61.8 Å².